The Kier molecular flexibility index (Phi) is 5.69. The molecule has 0 saturated heterocycles. The molecule has 0 fully saturated rings. The molecular weight excluding hydrogens is 452 g/mol. The Labute approximate surface area is 200 Å². The second kappa shape index (κ2) is 8.96. The van der Waals surface area contributed by atoms with Gasteiger partial charge in [-0.1, -0.05) is 54.1 Å². The molecule has 5 aromatic rings. The summed E-state index contributed by atoms with van der Waals surface area (Å²) in [6.45, 7) is 1.88. The molecule has 0 unspecified atom stereocenters. The normalized spacial score (nSPS) is 11.0. The molecule has 1 N–H and O–H groups in total. The summed E-state index contributed by atoms with van der Waals surface area (Å²) in [7, 11) is 0. The van der Waals surface area contributed by atoms with Gasteiger partial charge in [0.25, 0.3) is 5.91 Å². The fourth-order valence-electron chi connectivity index (χ4n) is 3.81. The van der Waals surface area contributed by atoms with Crippen LogP contribution in [-0.4, -0.2) is 33.0 Å². The number of aromatic nitrogens is 3. The van der Waals surface area contributed by atoms with E-state index in [2.05, 4.69) is 5.32 Å². The summed E-state index contributed by atoms with van der Waals surface area (Å²) >= 11 is 6.26. The summed E-state index contributed by atoms with van der Waals surface area (Å²) in [5.74, 6) is -0.873. The molecule has 2 aromatic heterocycles. The monoisotopic (exact) mass is 470 g/mol. The smallest absolute Gasteiger partial charge is 0.344 e. The van der Waals surface area contributed by atoms with Crippen LogP contribution in [-0.2, 0) is 4.74 Å². The number of carbonyl (C=O) groups excluding carboxylic acids is 2. The predicted octanol–water partition coefficient (Wildman–Crippen LogP) is 5.66. The Hall–Kier alpha value is -4.23. The number of fused-ring (bicyclic) bond motifs is 2. The minimum absolute atomic E-state index is 0.124. The number of esters is 1. The average Bonchev–Trinajstić information content (AvgIpc) is 3.16. The van der Waals surface area contributed by atoms with Gasteiger partial charge >= 0.3 is 5.97 Å². The van der Waals surface area contributed by atoms with Gasteiger partial charge in [-0.15, -0.1) is 0 Å². The number of hydrogen-bond donors (Lipinski definition) is 1. The van der Waals surface area contributed by atoms with E-state index >= 15 is 0 Å². The summed E-state index contributed by atoms with van der Waals surface area (Å²) in [6.07, 6.45) is 0. The minimum Gasteiger partial charge on any atom is -0.462 e. The second-order valence-corrected chi connectivity index (χ2v) is 7.84. The lowest BCUT2D eigenvalue weighted by Crippen LogP contribution is -2.18. The van der Waals surface area contributed by atoms with Crippen molar-refractivity contribution in [2.24, 2.45) is 0 Å². The zero-order valence-corrected chi connectivity index (χ0v) is 18.9. The molecule has 0 bridgehead atoms. The van der Waals surface area contributed by atoms with E-state index in [9.17, 15) is 9.59 Å². The predicted molar refractivity (Wildman–Crippen MR) is 132 cm³/mol. The number of hydrogen-bond acceptors (Lipinski definition) is 5. The number of halogens is 1. The summed E-state index contributed by atoms with van der Waals surface area (Å²) in [4.78, 5) is 35.9. The zero-order valence-electron chi connectivity index (χ0n) is 18.2. The van der Waals surface area contributed by atoms with E-state index in [1.54, 1.807) is 35.8 Å². The fourth-order valence-corrected chi connectivity index (χ4v) is 4.03. The van der Waals surface area contributed by atoms with Crippen molar-refractivity contribution in [1.29, 1.82) is 0 Å². The summed E-state index contributed by atoms with van der Waals surface area (Å²) in [6, 6.07) is 23.4. The first-order chi connectivity index (χ1) is 16.6. The molecule has 5 rings (SSSR count). The van der Waals surface area contributed by atoms with Gasteiger partial charge in [0, 0.05) is 5.69 Å². The highest BCUT2D eigenvalue weighted by Gasteiger charge is 2.29. The average molecular weight is 471 g/mol. The Morgan fingerprint density at radius 3 is 2.26 bits per heavy atom. The van der Waals surface area contributed by atoms with Crippen molar-refractivity contribution < 1.29 is 14.3 Å². The van der Waals surface area contributed by atoms with Gasteiger partial charge < -0.3 is 10.1 Å². The van der Waals surface area contributed by atoms with Crippen LogP contribution in [0.2, 0.25) is 5.02 Å². The van der Waals surface area contributed by atoms with E-state index in [-0.39, 0.29) is 23.6 Å². The first-order valence-electron chi connectivity index (χ1n) is 10.7. The number of amides is 1. The largest absolute Gasteiger partial charge is 0.462 e. The van der Waals surface area contributed by atoms with Crippen LogP contribution in [0.15, 0.2) is 78.9 Å². The van der Waals surface area contributed by atoms with Crippen LogP contribution in [0, 0.1) is 0 Å². The Morgan fingerprint density at radius 1 is 0.912 bits per heavy atom. The van der Waals surface area contributed by atoms with Gasteiger partial charge in [-0.3, -0.25) is 9.36 Å². The highest BCUT2D eigenvalue weighted by molar-refractivity contribution is 6.34. The second-order valence-electron chi connectivity index (χ2n) is 7.43. The van der Waals surface area contributed by atoms with Crippen molar-refractivity contribution >= 4 is 51.5 Å². The van der Waals surface area contributed by atoms with Crippen molar-refractivity contribution in [2.45, 2.75) is 6.92 Å². The number of benzene rings is 3. The standard InChI is InChI=1S/C26H19ClN4O3/c1-2-34-26(33)21-22-24(29-20-15-9-8-14-19(20)28-22)31(16-10-4-3-5-11-16)23(21)30-25(32)17-12-6-7-13-18(17)27/h3-15H,2H2,1H3,(H,30,32). The third kappa shape index (κ3) is 3.76. The Morgan fingerprint density at radius 2 is 1.56 bits per heavy atom. The first kappa shape index (κ1) is 21.6. The maximum absolute atomic E-state index is 13.3. The SMILES string of the molecule is CCOC(=O)c1c(NC(=O)c2ccccc2Cl)n(-c2ccccc2)c2nc3ccccc3nc12. The topological polar surface area (TPSA) is 86.1 Å². The van der Waals surface area contributed by atoms with Gasteiger partial charge in [-0.2, -0.15) is 0 Å². The van der Waals surface area contributed by atoms with Crippen LogP contribution in [0.1, 0.15) is 27.6 Å². The first-order valence-corrected chi connectivity index (χ1v) is 11.1. The van der Waals surface area contributed by atoms with E-state index in [0.717, 1.165) is 0 Å². The quantitative estimate of drug-likeness (QED) is 0.335. The van der Waals surface area contributed by atoms with Gasteiger partial charge in [-0.25, -0.2) is 14.8 Å². The molecule has 0 radical (unpaired) electrons. The minimum atomic E-state index is -0.610. The van der Waals surface area contributed by atoms with Crippen LogP contribution in [0.5, 0.6) is 0 Å². The van der Waals surface area contributed by atoms with Crippen LogP contribution < -0.4 is 5.32 Å². The Balaban J connectivity index is 1.83. The van der Waals surface area contributed by atoms with E-state index < -0.39 is 11.9 Å². The van der Waals surface area contributed by atoms with Gasteiger partial charge in [0.05, 0.1) is 28.2 Å². The molecule has 0 saturated carbocycles. The third-order valence-electron chi connectivity index (χ3n) is 5.31. The number of nitrogens with zero attached hydrogens (tertiary/aromatic N) is 3. The van der Waals surface area contributed by atoms with E-state index in [1.165, 1.54) is 0 Å². The van der Waals surface area contributed by atoms with Crippen molar-refractivity contribution in [3.63, 3.8) is 0 Å². The summed E-state index contributed by atoms with van der Waals surface area (Å²) in [5, 5.41) is 3.17. The summed E-state index contributed by atoms with van der Waals surface area (Å²) < 4.78 is 7.06. The molecule has 0 spiro atoms. The maximum atomic E-state index is 13.3. The van der Waals surface area contributed by atoms with Gasteiger partial charge in [-0.05, 0) is 43.3 Å². The third-order valence-corrected chi connectivity index (χ3v) is 5.64. The van der Waals surface area contributed by atoms with E-state index in [0.29, 0.717) is 32.9 Å². The molecule has 168 valence electrons. The highest BCUT2D eigenvalue weighted by atomic mass is 35.5. The number of para-hydroxylation sites is 3. The van der Waals surface area contributed by atoms with Crippen molar-refractivity contribution in [3.05, 3.63) is 95.0 Å². The lowest BCUT2D eigenvalue weighted by atomic mass is 10.2. The molecular formula is C26H19ClN4O3. The van der Waals surface area contributed by atoms with Gasteiger partial charge in [0.1, 0.15) is 16.9 Å². The number of nitrogens with one attached hydrogen (secondary N) is 1. The number of anilines is 1. The highest BCUT2D eigenvalue weighted by Crippen LogP contribution is 2.34. The molecule has 34 heavy (non-hydrogen) atoms. The lowest BCUT2D eigenvalue weighted by Gasteiger charge is -2.13. The van der Waals surface area contributed by atoms with Crippen molar-refractivity contribution in [3.8, 4) is 5.69 Å². The lowest BCUT2D eigenvalue weighted by molar-refractivity contribution is 0.0529. The molecule has 7 nitrogen and oxygen atoms in total. The molecule has 0 aliphatic heterocycles. The molecule has 0 aliphatic carbocycles. The number of rotatable bonds is 5. The zero-order chi connectivity index (χ0) is 23.7. The van der Waals surface area contributed by atoms with Gasteiger partial charge in [0.2, 0.25) is 0 Å². The molecule has 0 atom stereocenters. The van der Waals surface area contributed by atoms with E-state index in [1.807, 2.05) is 54.6 Å². The molecule has 8 heteroatoms. The van der Waals surface area contributed by atoms with Crippen LogP contribution in [0.25, 0.3) is 27.9 Å². The number of carbonyl (C=O) groups is 2. The van der Waals surface area contributed by atoms with Crippen molar-refractivity contribution in [1.82, 2.24) is 14.5 Å². The molecule has 0 aliphatic rings. The van der Waals surface area contributed by atoms with Crippen LogP contribution in [0.3, 0.4) is 0 Å². The van der Waals surface area contributed by atoms with Crippen molar-refractivity contribution in [2.75, 3.05) is 11.9 Å². The molecule has 2 heterocycles. The molecule has 3 aromatic carbocycles. The Bertz CT molecular complexity index is 1550. The maximum Gasteiger partial charge on any atom is 0.344 e. The fraction of sp³-hybridized carbons (Fsp3) is 0.0769. The molecule has 1 amide bonds. The van der Waals surface area contributed by atoms with Crippen LogP contribution in [0.4, 0.5) is 5.82 Å². The van der Waals surface area contributed by atoms with E-state index in [4.69, 9.17) is 26.3 Å². The summed E-state index contributed by atoms with van der Waals surface area (Å²) in [5.41, 5.74) is 3.12. The number of ether oxygens (including phenoxy) is 1. The van der Waals surface area contributed by atoms with Gasteiger partial charge in [0.15, 0.2) is 5.65 Å². The van der Waals surface area contributed by atoms with Crippen LogP contribution >= 0.6 is 11.6 Å².